The fraction of sp³-hybridized carbons (Fsp3) is 0.636. The van der Waals surface area contributed by atoms with Crippen LogP contribution >= 0.6 is 0 Å². The third kappa shape index (κ3) is 8.03. The number of guanidine groups is 1. The molecule has 1 aromatic rings. The first kappa shape index (κ1) is 23.2. The predicted octanol–water partition coefficient (Wildman–Crippen LogP) is 1.03. The Morgan fingerprint density at radius 2 is 1.90 bits per heavy atom. The number of carbonyl (C=O) groups excluding carboxylic acids is 1. The highest BCUT2D eigenvalue weighted by Gasteiger charge is 2.17. The summed E-state index contributed by atoms with van der Waals surface area (Å²) in [7, 11) is 3.45. The minimum atomic E-state index is -0.0534. The zero-order chi connectivity index (χ0) is 21.1. The van der Waals surface area contributed by atoms with Crippen LogP contribution in [-0.2, 0) is 6.42 Å². The number of rotatable bonds is 9. The Hall–Kier alpha value is -2.12. The van der Waals surface area contributed by atoms with Crippen molar-refractivity contribution in [2.45, 2.75) is 20.3 Å². The first-order valence-electron chi connectivity index (χ1n) is 10.8. The van der Waals surface area contributed by atoms with Gasteiger partial charge in [-0.25, -0.2) is 0 Å². The van der Waals surface area contributed by atoms with Crippen LogP contribution in [0.4, 0.5) is 0 Å². The van der Waals surface area contributed by atoms with Crippen LogP contribution in [0.1, 0.15) is 29.8 Å². The molecule has 1 heterocycles. The maximum Gasteiger partial charge on any atom is 0.251 e. The number of hydrogen-bond acceptors (Lipinski definition) is 4. The molecule has 29 heavy (non-hydrogen) atoms. The summed E-state index contributed by atoms with van der Waals surface area (Å²) in [5, 5.41) is 9.48. The molecule has 0 saturated carbocycles. The molecular formula is C22H38N6O. The Labute approximate surface area is 175 Å². The van der Waals surface area contributed by atoms with Crippen LogP contribution in [-0.4, -0.2) is 88.1 Å². The van der Waals surface area contributed by atoms with Crippen molar-refractivity contribution in [1.82, 2.24) is 25.8 Å². The summed E-state index contributed by atoms with van der Waals surface area (Å²) in [5.74, 6) is 1.34. The standard InChI is InChI=1S/C22H38N6O/c1-5-27-11-13-28(14-12-27)17-18(2)16-26-22(24-4)25-10-9-19-7-6-8-20(15-19)21(29)23-3/h6-8,15,18H,5,9-14,16-17H2,1-4H3,(H,23,29)(H2,24,25,26). The molecule has 1 aliphatic heterocycles. The first-order chi connectivity index (χ1) is 14.0. The molecule has 3 N–H and O–H groups in total. The molecule has 2 rings (SSSR count). The molecule has 0 aliphatic carbocycles. The van der Waals surface area contributed by atoms with Crippen molar-refractivity contribution in [3.63, 3.8) is 0 Å². The lowest BCUT2D eigenvalue weighted by atomic mass is 10.1. The third-order valence-electron chi connectivity index (χ3n) is 5.45. The van der Waals surface area contributed by atoms with Crippen LogP contribution in [0.25, 0.3) is 0 Å². The number of likely N-dealkylation sites (N-methyl/N-ethyl adjacent to an activating group) is 1. The van der Waals surface area contributed by atoms with Gasteiger partial charge in [-0.05, 0) is 36.6 Å². The largest absolute Gasteiger partial charge is 0.356 e. The Morgan fingerprint density at radius 3 is 2.55 bits per heavy atom. The van der Waals surface area contributed by atoms with Gasteiger partial charge in [-0.2, -0.15) is 0 Å². The van der Waals surface area contributed by atoms with E-state index < -0.39 is 0 Å². The second kappa shape index (κ2) is 12.4. The number of amides is 1. The Kier molecular flexibility index (Phi) is 9.94. The lowest BCUT2D eigenvalue weighted by Crippen LogP contribution is -2.48. The van der Waals surface area contributed by atoms with E-state index in [9.17, 15) is 4.79 Å². The molecule has 1 saturated heterocycles. The van der Waals surface area contributed by atoms with Gasteiger partial charge in [-0.1, -0.05) is 26.0 Å². The van der Waals surface area contributed by atoms with E-state index in [-0.39, 0.29) is 5.91 Å². The number of piperazine rings is 1. The summed E-state index contributed by atoms with van der Waals surface area (Å²) < 4.78 is 0. The number of nitrogens with zero attached hydrogens (tertiary/aromatic N) is 3. The summed E-state index contributed by atoms with van der Waals surface area (Å²) in [6, 6.07) is 7.75. The zero-order valence-electron chi connectivity index (χ0n) is 18.5. The molecule has 1 unspecified atom stereocenters. The van der Waals surface area contributed by atoms with Gasteiger partial charge in [0, 0.05) is 65.5 Å². The van der Waals surface area contributed by atoms with Gasteiger partial charge in [0.25, 0.3) is 5.91 Å². The molecule has 162 valence electrons. The van der Waals surface area contributed by atoms with Crippen LogP contribution in [0.3, 0.4) is 0 Å². The number of hydrogen-bond donors (Lipinski definition) is 3. The molecule has 7 heteroatoms. The van der Waals surface area contributed by atoms with Gasteiger partial charge in [0.15, 0.2) is 5.96 Å². The van der Waals surface area contributed by atoms with Crippen molar-refractivity contribution in [1.29, 1.82) is 0 Å². The topological polar surface area (TPSA) is 72.0 Å². The van der Waals surface area contributed by atoms with Crippen LogP contribution < -0.4 is 16.0 Å². The van der Waals surface area contributed by atoms with E-state index in [4.69, 9.17) is 0 Å². The van der Waals surface area contributed by atoms with Gasteiger partial charge in [0.1, 0.15) is 0 Å². The molecule has 0 spiro atoms. The van der Waals surface area contributed by atoms with Gasteiger partial charge < -0.3 is 25.8 Å². The fourth-order valence-corrected chi connectivity index (χ4v) is 3.62. The minimum Gasteiger partial charge on any atom is -0.356 e. The van der Waals surface area contributed by atoms with Crippen molar-refractivity contribution < 1.29 is 4.79 Å². The van der Waals surface area contributed by atoms with Crippen LogP contribution in [0, 0.1) is 5.92 Å². The second-order valence-electron chi connectivity index (χ2n) is 7.75. The average molecular weight is 403 g/mol. The number of carbonyl (C=O) groups is 1. The van der Waals surface area contributed by atoms with E-state index in [1.807, 2.05) is 24.3 Å². The summed E-state index contributed by atoms with van der Waals surface area (Å²) in [6.07, 6.45) is 0.836. The van der Waals surface area contributed by atoms with Gasteiger partial charge in [0.2, 0.25) is 0 Å². The Morgan fingerprint density at radius 1 is 1.17 bits per heavy atom. The second-order valence-corrected chi connectivity index (χ2v) is 7.75. The third-order valence-corrected chi connectivity index (χ3v) is 5.45. The highest BCUT2D eigenvalue weighted by atomic mass is 16.1. The highest BCUT2D eigenvalue weighted by Crippen LogP contribution is 2.06. The summed E-state index contributed by atoms with van der Waals surface area (Å²) in [4.78, 5) is 21.2. The van der Waals surface area contributed by atoms with E-state index in [2.05, 4.69) is 44.6 Å². The quantitative estimate of drug-likeness (QED) is 0.425. The van der Waals surface area contributed by atoms with Crippen LogP contribution in [0.2, 0.25) is 0 Å². The van der Waals surface area contributed by atoms with E-state index >= 15 is 0 Å². The van der Waals surface area contributed by atoms with Crippen molar-refractivity contribution >= 4 is 11.9 Å². The van der Waals surface area contributed by atoms with E-state index in [1.165, 1.54) is 26.2 Å². The van der Waals surface area contributed by atoms with E-state index in [0.29, 0.717) is 11.5 Å². The van der Waals surface area contributed by atoms with Crippen molar-refractivity contribution in [2.75, 3.05) is 66.5 Å². The zero-order valence-corrected chi connectivity index (χ0v) is 18.5. The Bertz CT molecular complexity index is 654. The molecule has 7 nitrogen and oxygen atoms in total. The van der Waals surface area contributed by atoms with Gasteiger partial charge >= 0.3 is 0 Å². The molecule has 1 aliphatic rings. The van der Waals surface area contributed by atoms with Gasteiger partial charge in [-0.15, -0.1) is 0 Å². The molecule has 1 atom stereocenters. The molecular weight excluding hydrogens is 364 g/mol. The highest BCUT2D eigenvalue weighted by molar-refractivity contribution is 5.94. The number of benzene rings is 1. The molecule has 0 aromatic heterocycles. The average Bonchev–Trinajstić information content (AvgIpc) is 2.76. The molecule has 1 aromatic carbocycles. The maximum absolute atomic E-state index is 11.8. The van der Waals surface area contributed by atoms with E-state index in [0.717, 1.165) is 44.1 Å². The van der Waals surface area contributed by atoms with Crippen molar-refractivity contribution in [3.05, 3.63) is 35.4 Å². The summed E-state index contributed by atoms with van der Waals surface area (Å²) in [6.45, 7) is 13.2. The van der Waals surface area contributed by atoms with Gasteiger partial charge in [0.05, 0.1) is 0 Å². The molecule has 0 bridgehead atoms. The fourth-order valence-electron chi connectivity index (χ4n) is 3.62. The summed E-state index contributed by atoms with van der Waals surface area (Å²) >= 11 is 0. The van der Waals surface area contributed by atoms with Crippen molar-refractivity contribution in [2.24, 2.45) is 10.9 Å². The minimum absolute atomic E-state index is 0.0534. The molecule has 1 fully saturated rings. The Balaban J connectivity index is 1.68. The van der Waals surface area contributed by atoms with Crippen molar-refractivity contribution in [3.8, 4) is 0 Å². The lowest BCUT2D eigenvalue weighted by Gasteiger charge is -2.35. The summed E-state index contributed by atoms with van der Waals surface area (Å²) in [5.41, 5.74) is 1.83. The maximum atomic E-state index is 11.8. The van der Waals surface area contributed by atoms with Crippen LogP contribution in [0.15, 0.2) is 29.3 Å². The number of aliphatic imine (C=N–C) groups is 1. The van der Waals surface area contributed by atoms with E-state index in [1.54, 1.807) is 14.1 Å². The normalized spacial score (nSPS) is 17.0. The first-order valence-corrected chi connectivity index (χ1v) is 10.8. The molecule has 1 amide bonds. The lowest BCUT2D eigenvalue weighted by molar-refractivity contribution is 0.0963. The monoisotopic (exact) mass is 402 g/mol. The van der Waals surface area contributed by atoms with Crippen LogP contribution in [0.5, 0.6) is 0 Å². The smallest absolute Gasteiger partial charge is 0.251 e. The predicted molar refractivity (Wildman–Crippen MR) is 121 cm³/mol. The SMILES string of the molecule is CCN1CCN(CC(C)CNC(=NC)NCCc2cccc(C(=O)NC)c2)CC1. The van der Waals surface area contributed by atoms with Gasteiger partial charge in [-0.3, -0.25) is 9.79 Å². The molecule has 0 radical (unpaired) electrons. The number of nitrogens with one attached hydrogen (secondary N) is 3.